The number of nitrogens with one attached hydrogen (secondary N) is 1. The van der Waals surface area contributed by atoms with Crippen molar-refractivity contribution in [1.29, 1.82) is 0 Å². The standard InChI is InChI=1S/C23H19FN4O2S/c1-14-3-8-19(25-15(14)2)20-13-31-23(26-20)27-22(30)17-9-10-28(21(29)11-17)12-16-4-6-18(24)7-5-16/h3-11,13H,12H2,1-2H3,(H,26,27,30). The van der Waals surface area contributed by atoms with Crippen LogP contribution >= 0.6 is 11.3 Å². The first-order valence-corrected chi connectivity index (χ1v) is 10.4. The third-order valence-corrected chi connectivity index (χ3v) is 5.62. The minimum atomic E-state index is -0.417. The zero-order valence-corrected chi connectivity index (χ0v) is 17.7. The number of aryl methyl sites for hydroxylation is 2. The van der Waals surface area contributed by atoms with Gasteiger partial charge in [0.05, 0.1) is 12.2 Å². The minimum absolute atomic E-state index is 0.237. The molecule has 0 aliphatic heterocycles. The van der Waals surface area contributed by atoms with Gasteiger partial charge in [-0.3, -0.25) is 19.9 Å². The Kier molecular flexibility index (Phi) is 5.73. The maximum Gasteiger partial charge on any atom is 0.257 e. The van der Waals surface area contributed by atoms with Crippen LogP contribution < -0.4 is 10.9 Å². The van der Waals surface area contributed by atoms with Gasteiger partial charge in [-0.2, -0.15) is 0 Å². The van der Waals surface area contributed by atoms with Gasteiger partial charge in [0.1, 0.15) is 11.5 Å². The SMILES string of the molecule is Cc1ccc(-c2csc(NC(=O)c3ccn(Cc4ccc(F)cc4)c(=O)c3)n2)nc1C. The first-order chi connectivity index (χ1) is 14.9. The minimum Gasteiger partial charge on any atom is -0.311 e. The third kappa shape index (κ3) is 4.75. The summed E-state index contributed by atoms with van der Waals surface area (Å²) in [7, 11) is 0. The fourth-order valence-corrected chi connectivity index (χ4v) is 3.66. The van der Waals surface area contributed by atoms with Crippen LogP contribution in [0.25, 0.3) is 11.4 Å². The molecule has 1 aromatic carbocycles. The molecule has 0 bridgehead atoms. The molecule has 4 rings (SSSR count). The molecule has 1 amide bonds. The summed E-state index contributed by atoms with van der Waals surface area (Å²) < 4.78 is 14.5. The normalized spacial score (nSPS) is 10.8. The fourth-order valence-electron chi connectivity index (χ4n) is 2.96. The summed E-state index contributed by atoms with van der Waals surface area (Å²) in [5, 5.41) is 4.98. The second-order valence-electron chi connectivity index (χ2n) is 7.10. The molecule has 0 spiro atoms. The Hall–Kier alpha value is -3.65. The van der Waals surface area contributed by atoms with Crippen LogP contribution in [0.3, 0.4) is 0 Å². The number of anilines is 1. The van der Waals surface area contributed by atoms with Gasteiger partial charge in [0.2, 0.25) is 0 Å². The number of thiazole rings is 1. The Balaban J connectivity index is 1.47. The number of rotatable bonds is 5. The van der Waals surface area contributed by atoms with E-state index < -0.39 is 5.91 Å². The largest absolute Gasteiger partial charge is 0.311 e. The van der Waals surface area contributed by atoms with Crippen molar-refractivity contribution in [2.45, 2.75) is 20.4 Å². The van der Waals surface area contributed by atoms with Gasteiger partial charge in [-0.25, -0.2) is 9.37 Å². The van der Waals surface area contributed by atoms with Crippen LogP contribution in [0, 0.1) is 19.7 Å². The highest BCUT2D eigenvalue weighted by Crippen LogP contribution is 2.24. The van der Waals surface area contributed by atoms with Crippen LogP contribution in [-0.4, -0.2) is 20.4 Å². The van der Waals surface area contributed by atoms with E-state index in [-0.39, 0.29) is 16.9 Å². The summed E-state index contributed by atoms with van der Waals surface area (Å²) in [6, 6.07) is 12.6. The predicted molar refractivity (Wildman–Crippen MR) is 119 cm³/mol. The molecule has 0 aliphatic carbocycles. The van der Waals surface area contributed by atoms with Crippen molar-refractivity contribution in [2.75, 3.05) is 5.32 Å². The van der Waals surface area contributed by atoms with E-state index >= 15 is 0 Å². The predicted octanol–water partition coefficient (Wildman–Crippen LogP) is 4.42. The number of amides is 1. The van der Waals surface area contributed by atoms with E-state index in [2.05, 4.69) is 15.3 Å². The molecule has 31 heavy (non-hydrogen) atoms. The first-order valence-electron chi connectivity index (χ1n) is 9.55. The number of carbonyl (C=O) groups excluding carboxylic acids is 1. The highest BCUT2D eigenvalue weighted by atomic mass is 32.1. The van der Waals surface area contributed by atoms with Gasteiger partial charge in [0.15, 0.2) is 5.13 Å². The van der Waals surface area contributed by atoms with Crippen molar-refractivity contribution >= 4 is 22.4 Å². The number of aromatic nitrogens is 3. The fraction of sp³-hybridized carbons (Fsp3) is 0.130. The van der Waals surface area contributed by atoms with E-state index in [0.29, 0.717) is 17.4 Å². The molecule has 8 heteroatoms. The van der Waals surface area contributed by atoms with Crippen molar-refractivity contribution in [2.24, 2.45) is 0 Å². The van der Waals surface area contributed by atoms with Crippen LogP contribution in [0.5, 0.6) is 0 Å². The molecule has 1 N–H and O–H groups in total. The van der Waals surface area contributed by atoms with Crippen LogP contribution in [-0.2, 0) is 6.54 Å². The lowest BCUT2D eigenvalue weighted by molar-refractivity contribution is 0.102. The van der Waals surface area contributed by atoms with Crippen molar-refractivity contribution in [1.82, 2.24) is 14.5 Å². The Bertz CT molecular complexity index is 1310. The lowest BCUT2D eigenvalue weighted by Gasteiger charge is -2.07. The summed E-state index contributed by atoms with van der Waals surface area (Å²) >= 11 is 1.29. The van der Waals surface area contributed by atoms with Gasteiger partial charge in [-0.1, -0.05) is 18.2 Å². The molecule has 0 fully saturated rings. The highest BCUT2D eigenvalue weighted by molar-refractivity contribution is 7.14. The van der Waals surface area contributed by atoms with Crippen molar-refractivity contribution in [3.05, 3.63) is 98.7 Å². The molecule has 156 valence electrons. The molecule has 0 aliphatic rings. The molecule has 0 radical (unpaired) electrons. The number of nitrogens with zero attached hydrogens (tertiary/aromatic N) is 3. The Labute approximate surface area is 182 Å². The van der Waals surface area contributed by atoms with E-state index in [4.69, 9.17) is 0 Å². The molecule has 3 aromatic heterocycles. The van der Waals surface area contributed by atoms with Crippen LogP contribution in [0.15, 0.2) is 64.9 Å². The molecule has 3 heterocycles. The van der Waals surface area contributed by atoms with E-state index in [0.717, 1.165) is 22.5 Å². The van der Waals surface area contributed by atoms with Gasteiger partial charge >= 0.3 is 0 Å². The molecular formula is C23H19FN4O2S. The van der Waals surface area contributed by atoms with Gasteiger partial charge in [-0.05, 0) is 49.2 Å². The molecule has 0 atom stereocenters. The molecule has 0 unspecified atom stereocenters. The molecule has 0 saturated heterocycles. The number of hydrogen-bond acceptors (Lipinski definition) is 5. The zero-order chi connectivity index (χ0) is 22.0. The number of benzene rings is 1. The average molecular weight is 434 g/mol. The Morgan fingerprint density at radius 2 is 1.84 bits per heavy atom. The van der Waals surface area contributed by atoms with E-state index in [1.54, 1.807) is 24.4 Å². The summed E-state index contributed by atoms with van der Waals surface area (Å²) in [6.07, 6.45) is 1.55. The van der Waals surface area contributed by atoms with Crippen LogP contribution in [0.2, 0.25) is 0 Å². The topological polar surface area (TPSA) is 76.9 Å². The van der Waals surface area contributed by atoms with Gasteiger partial charge in [0, 0.05) is 28.9 Å². The van der Waals surface area contributed by atoms with Crippen LogP contribution in [0.1, 0.15) is 27.2 Å². The van der Waals surface area contributed by atoms with Crippen molar-refractivity contribution in [3.8, 4) is 11.4 Å². The summed E-state index contributed by atoms with van der Waals surface area (Å²) in [5.41, 5.74) is 4.15. The van der Waals surface area contributed by atoms with Gasteiger partial charge in [0.25, 0.3) is 11.5 Å². The molecule has 6 nitrogen and oxygen atoms in total. The maximum atomic E-state index is 13.0. The van der Waals surface area contributed by atoms with E-state index in [1.165, 1.54) is 34.1 Å². The number of hydrogen-bond donors (Lipinski definition) is 1. The molecular weight excluding hydrogens is 415 g/mol. The highest BCUT2D eigenvalue weighted by Gasteiger charge is 2.12. The lowest BCUT2D eigenvalue weighted by Crippen LogP contribution is -2.22. The van der Waals surface area contributed by atoms with E-state index in [9.17, 15) is 14.0 Å². The van der Waals surface area contributed by atoms with Crippen molar-refractivity contribution in [3.63, 3.8) is 0 Å². The Morgan fingerprint density at radius 3 is 2.55 bits per heavy atom. The smallest absolute Gasteiger partial charge is 0.257 e. The summed E-state index contributed by atoms with van der Waals surface area (Å²) in [4.78, 5) is 33.9. The van der Waals surface area contributed by atoms with Gasteiger partial charge in [-0.15, -0.1) is 11.3 Å². The van der Waals surface area contributed by atoms with Gasteiger partial charge < -0.3 is 4.57 Å². The lowest BCUT2D eigenvalue weighted by atomic mass is 10.2. The van der Waals surface area contributed by atoms with Crippen LogP contribution in [0.4, 0.5) is 9.52 Å². The summed E-state index contributed by atoms with van der Waals surface area (Å²) in [6.45, 7) is 4.22. The maximum absolute atomic E-state index is 13.0. The molecule has 0 saturated carbocycles. The average Bonchev–Trinajstić information content (AvgIpc) is 3.21. The number of carbonyl (C=O) groups is 1. The summed E-state index contributed by atoms with van der Waals surface area (Å²) in [5.74, 6) is -0.748. The van der Waals surface area contributed by atoms with E-state index in [1.807, 2.05) is 31.4 Å². The second-order valence-corrected chi connectivity index (χ2v) is 7.96. The van der Waals surface area contributed by atoms with Crippen molar-refractivity contribution < 1.29 is 9.18 Å². The monoisotopic (exact) mass is 434 g/mol. The zero-order valence-electron chi connectivity index (χ0n) is 16.9. The second kappa shape index (κ2) is 8.61. The molecule has 4 aromatic rings. The number of pyridine rings is 2. The number of halogens is 1. The quantitative estimate of drug-likeness (QED) is 0.504. The Morgan fingerprint density at radius 1 is 1.06 bits per heavy atom. The first kappa shape index (κ1) is 20.6. The third-order valence-electron chi connectivity index (χ3n) is 4.86.